The number of nitrogens with one attached hydrogen (secondary N) is 2. The molecule has 0 bridgehead atoms. The summed E-state index contributed by atoms with van der Waals surface area (Å²) in [6.07, 6.45) is 1.13. The van der Waals surface area contributed by atoms with Crippen LogP contribution >= 0.6 is 0 Å². The molecule has 2 N–H and O–H groups in total. The Morgan fingerprint density at radius 3 is 2.46 bits per heavy atom. The molecule has 0 aromatic heterocycles. The third-order valence-corrected chi connectivity index (χ3v) is 4.19. The number of carbonyl (C=O) groups excluding carboxylic acids is 3. The Morgan fingerprint density at radius 1 is 1.07 bits per heavy atom. The second kappa shape index (κ2) is 8.03. The standard InChI is InChI=1S/C19H17F2N3O4/c1-28-16-7-5-12(10-15(16)24-8-2-3-17(24)25)22-18(26)19(27)23-14-6-4-11(20)9-13(14)21/h4-7,9-10H,2-3,8H2,1H3,(H,22,26)(H,23,27). The van der Waals surface area contributed by atoms with Crippen LogP contribution in [0.2, 0.25) is 0 Å². The van der Waals surface area contributed by atoms with Crippen LogP contribution in [0.4, 0.5) is 25.8 Å². The van der Waals surface area contributed by atoms with Gasteiger partial charge in [-0.2, -0.15) is 0 Å². The van der Waals surface area contributed by atoms with Gasteiger partial charge in [0.2, 0.25) is 5.91 Å². The molecule has 0 spiro atoms. The van der Waals surface area contributed by atoms with Crippen LogP contribution in [0.15, 0.2) is 36.4 Å². The second-order valence-electron chi connectivity index (χ2n) is 6.07. The highest BCUT2D eigenvalue weighted by Crippen LogP contribution is 2.34. The first-order valence-corrected chi connectivity index (χ1v) is 8.45. The molecule has 0 aliphatic carbocycles. The Balaban J connectivity index is 1.74. The molecule has 2 aromatic rings. The fraction of sp³-hybridized carbons (Fsp3) is 0.211. The maximum absolute atomic E-state index is 13.6. The number of hydrogen-bond acceptors (Lipinski definition) is 4. The smallest absolute Gasteiger partial charge is 0.314 e. The van der Waals surface area contributed by atoms with Crippen molar-refractivity contribution in [3.63, 3.8) is 0 Å². The summed E-state index contributed by atoms with van der Waals surface area (Å²) in [5, 5.41) is 4.46. The SMILES string of the molecule is COc1ccc(NC(=O)C(=O)Nc2ccc(F)cc2F)cc1N1CCCC1=O. The fourth-order valence-electron chi connectivity index (χ4n) is 2.84. The van der Waals surface area contributed by atoms with Gasteiger partial charge in [-0.1, -0.05) is 0 Å². The number of nitrogens with zero attached hydrogens (tertiary/aromatic N) is 1. The summed E-state index contributed by atoms with van der Waals surface area (Å²) in [5.41, 5.74) is 0.419. The summed E-state index contributed by atoms with van der Waals surface area (Å²) in [4.78, 5) is 37.7. The summed E-state index contributed by atoms with van der Waals surface area (Å²) >= 11 is 0. The first-order valence-electron chi connectivity index (χ1n) is 8.45. The maximum Gasteiger partial charge on any atom is 0.314 e. The lowest BCUT2D eigenvalue weighted by Crippen LogP contribution is -2.29. The molecule has 0 unspecified atom stereocenters. The van der Waals surface area contributed by atoms with Crippen LogP contribution in [0.1, 0.15) is 12.8 Å². The van der Waals surface area contributed by atoms with E-state index in [1.54, 1.807) is 11.0 Å². The Bertz CT molecular complexity index is 949. The molecule has 0 saturated carbocycles. The molecule has 2 aromatic carbocycles. The Kier molecular flexibility index (Phi) is 5.53. The van der Waals surface area contributed by atoms with Gasteiger partial charge in [0.1, 0.15) is 17.4 Å². The zero-order valence-corrected chi connectivity index (χ0v) is 14.9. The minimum absolute atomic E-state index is 0.0636. The van der Waals surface area contributed by atoms with Crippen LogP contribution in [0.5, 0.6) is 5.75 Å². The van der Waals surface area contributed by atoms with Crippen LogP contribution in [-0.4, -0.2) is 31.4 Å². The predicted molar refractivity (Wildman–Crippen MR) is 98.2 cm³/mol. The number of methoxy groups -OCH3 is 1. The van der Waals surface area contributed by atoms with Crippen molar-refractivity contribution in [2.24, 2.45) is 0 Å². The summed E-state index contributed by atoms with van der Waals surface area (Å²) in [7, 11) is 1.46. The maximum atomic E-state index is 13.6. The normalized spacial score (nSPS) is 13.4. The quantitative estimate of drug-likeness (QED) is 0.787. The third-order valence-electron chi connectivity index (χ3n) is 4.19. The fourth-order valence-corrected chi connectivity index (χ4v) is 2.84. The van der Waals surface area contributed by atoms with Gasteiger partial charge in [0, 0.05) is 24.7 Å². The van der Waals surface area contributed by atoms with Gasteiger partial charge in [-0.25, -0.2) is 8.78 Å². The first kappa shape index (κ1) is 19.3. The molecule has 3 amide bonds. The summed E-state index contributed by atoms with van der Waals surface area (Å²) in [6.45, 7) is 0.525. The number of ether oxygens (including phenoxy) is 1. The highest BCUT2D eigenvalue weighted by Gasteiger charge is 2.25. The molecule has 0 atom stereocenters. The van der Waals surface area contributed by atoms with Gasteiger partial charge in [0.15, 0.2) is 0 Å². The Labute approximate surface area is 159 Å². The van der Waals surface area contributed by atoms with Gasteiger partial charge in [-0.05, 0) is 36.8 Å². The molecule has 28 heavy (non-hydrogen) atoms. The van der Waals surface area contributed by atoms with E-state index in [0.717, 1.165) is 12.1 Å². The highest BCUT2D eigenvalue weighted by atomic mass is 19.1. The molecular formula is C19H17F2N3O4. The van der Waals surface area contributed by atoms with E-state index in [9.17, 15) is 23.2 Å². The lowest BCUT2D eigenvalue weighted by molar-refractivity contribution is -0.133. The van der Waals surface area contributed by atoms with Crippen molar-refractivity contribution in [1.29, 1.82) is 0 Å². The molecule has 0 radical (unpaired) electrons. The molecule has 1 aliphatic heterocycles. The predicted octanol–water partition coefficient (Wildman–Crippen LogP) is 2.68. The van der Waals surface area contributed by atoms with E-state index < -0.39 is 23.4 Å². The highest BCUT2D eigenvalue weighted by molar-refractivity contribution is 6.43. The number of benzene rings is 2. The lowest BCUT2D eigenvalue weighted by atomic mass is 10.2. The Morgan fingerprint density at radius 2 is 1.82 bits per heavy atom. The topological polar surface area (TPSA) is 87.7 Å². The lowest BCUT2D eigenvalue weighted by Gasteiger charge is -2.20. The zero-order valence-electron chi connectivity index (χ0n) is 14.9. The van der Waals surface area contributed by atoms with Crippen molar-refractivity contribution in [3.05, 3.63) is 48.0 Å². The van der Waals surface area contributed by atoms with E-state index in [-0.39, 0.29) is 17.3 Å². The van der Waals surface area contributed by atoms with Crippen molar-refractivity contribution in [2.75, 3.05) is 29.2 Å². The van der Waals surface area contributed by atoms with Gasteiger partial charge in [0.25, 0.3) is 0 Å². The van der Waals surface area contributed by atoms with Gasteiger partial charge in [-0.3, -0.25) is 14.4 Å². The largest absolute Gasteiger partial charge is 0.495 e. The van der Waals surface area contributed by atoms with Gasteiger partial charge < -0.3 is 20.3 Å². The van der Waals surface area contributed by atoms with E-state index >= 15 is 0 Å². The number of rotatable bonds is 4. The van der Waals surface area contributed by atoms with Gasteiger partial charge >= 0.3 is 11.8 Å². The van der Waals surface area contributed by atoms with Crippen LogP contribution in [0.3, 0.4) is 0 Å². The minimum Gasteiger partial charge on any atom is -0.495 e. The number of hydrogen-bond donors (Lipinski definition) is 2. The molecule has 9 heteroatoms. The van der Waals surface area contributed by atoms with E-state index in [1.165, 1.54) is 19.2 Å². The first-order chi connectivity index (χ1) is 13.4. The van der Waals surface area contributed by atoms with E-state index in [4.69, 9.17) is 4.74 Å². The molecule has 1 heterocycles. The summed E-state index contributed by atoms with van der Waals surface area (Å²) < 4.78 is 31.8. The van der Waals surface area contributed by atoms with Crippen LogP contribution in [0.25, 0.3) is 0 Å². The summed E-state index contributed by atoms with van der Waals surface area (Å²) in [5.74, 6) is -3.59. The second-order valence-corrected chi connectivity index (χ2v) is 6.07. The van der Waals surface area contributed by atoms with Crippen molar-refractivity contribution in [2.45, 2.75) is 12.8 Å². The zero-order chi connectivity index (χ0) is 20.3. The van der Waals surface area contributed by atoms with Gasteiger partial charge in [-0.15, -0.1) is 0 Å². The monoisotopic (exact) mass is 389 g/mol. The van der Waals surface area contributed by atoms with E-state index in [1.807, 2.05) is 0 Å². The van der Waals surface area contributed by atoms with Crippen LogP contribution in [-0.2, 0) is 14.4 Å². The van der Waals surface area contributed by atoms with Crippen LogP contribution < -0.4 is 20.3 Å². The number of anilines is 3. The van der Waals surface area contributed by atoms with Gasteiger partial charge in [0.05, 0.1) is 18.5 Å². The molecule has 146 valence electrons. The molecular weight excluding hydrogens is 372 g/mol. The number of carbonyl (C=O) groups is 3. The van der Waals surface area contributed by atoms with Crippen molar-refractivity contribution in [3.8, 4) is 5.75 Å². The molecule has 1 saturated heterocycles. The average molecular weight is 389 g/mol. The van der Waals surface area contributed by atoms with Crippen LogP contribution in [0, 0.1) is 11.6 Å². The van der Waals surface area contributed by atoms with Crippen molar-refractivity contribution < 1.29 is 27.9 Å². The average Bonchev–Trinajstić information content (AvgIpc) is 3.09. The number of halogens is 2. The number of amides is 3. The molecule has 1 aliphatic rings. The third kappa shape index (κ3) is 4.08. The molecule has 1 fully saturated rings. The van der Waals surface area contributed by atoms with E-state index in [2.05, 4.69) is 10.6 Å². The van der Waals surface area contributed by atoms with Crippen molar-refractivity contribution >= 4 is 34.8 Å². The Hall–Kier alpha value is -3.49. The minimum atomic E-state index is -1.12. The summed E-state index contributed by atoms with van der Waals surface area (Å²) in [6, 6.07) is 7.16. The van der Waals surface area contributed by atoms with Crippen molar-refractivity contribution in [1.82, 2.24) is 0 Å². The molecule has 7 nitrogen and oxygen atoms in total. The van der Waals surface area contributed by atoms with E-state index in [0.29, 0.717) is 36.9 Å². The molecule has 3 rings (SSSR count).